The number of hydrogen-bond acceptors (Lipinski definition) is 5. The molecule has 3 fully saturated rings. The van der Waals surface area contributed by atoms with Crippen molar-refractivity contribution in [2.75, 3.05) is 19.7 Å². The van der Waals surface area contributed by atoms with Crippen molar-refractivity contribution in [3.8, 4) is 0 Å². The van der Waals surface area contributed by atoms with Gasteiger partial charge in [0.2, 0.25) is 0 Å². The quantitative estimate of drug-likeness (QED) is 0.475. The number of nitrogens with one attached hydrogen (secondary N) is 1. The molecule has 3 aliphatic heterocycles. The van der Waals surface area contributed by atoms with E-state index in [1.807, 2.05) is 0 Å². The summed E-state index contributed by atoms with van der Waals surface area (Å²) >= 11 is 0. The van der Waals surface area contributed by atoms with Gasteiger partial charge in [-0.3, -0.25) is 0 Å². The van der Waals surface area contributed by atoms with Crippen molar-refractivity contribution in [3.63, 3.8) is 0 Å². The first kappa shape index (κ1) is 17.4. The number of carbonyl (C=O) groups excluding carboxylic acids is 2. The molecule has 6 heteroatoms. The van der Waals surface area contributed by atoms with E-state index in [0.29, 0.717) is 12.2 Å². The van der Waals surface area contributed by atoms with Gasteiger partial charge in [-0.25, -0.2) is 9.59 Å². The molecule has 2 N–H and O–H groups in total. The number of esters is 2. The second kappa shape index (κ2) is 6.48. The first-order valence-corrected chi connectivity index (χ1v) is 8.95. The fourth-order valence-corrected chi connectivity index (χ4v) is 4.33. The summed E-state index contributed by atoms with van der Waals surface area (Å²) < 4.78 is 11.3. The number of ether oxygens (including phenoxy) is 2. The molecule has 0 aromatic heterocycles. The fraction of sp³-hybridized carbons (Fsp3) is 0.778. The smallest absolute Gasteiger partial charge is 0.338 e. The summed E-state index contributed by atoms with van der Waals surface area (Å²) in [7, 11) is 0. The molecule has 0 aromatic rings. The highest BCUT2D eigenvalue weighted by Crippen LogP contribution is 2.30. The van der Waals surface area contributed by atoms with Crippen LogP contribution in [0.15, 0.2) is 11.6 Å². The third kappa shape index (κ3) is 2.97. The van der Waals surface area contributed by atoms with Crippen LogP contribution in [-0.4, -0.2) is 54.5 Å². The predicted octanol–water partition coefficient (Wildman–Crippen LogP) is -0.144. The van der Waals surface area contributed by atoms with Crippen LogP contribution in [0.25, 0.3) is 0 Å². The highest BCUT2D eigenvalue weighted by Gasteiger charge is 2.51. The average molecular weight is 338 g/mol. The normalized spacial score (nSPS) is 45.2. The topological polar surface area (TPSA) is 77.3 Å². The molecule has 6 nitrogen and oxygen atoms in total. The molecule has 3 rings (SSSR count). The van der Waals surface area contributed by atoms with Gasteiger partial charge in [0.15, 0.2) is 11.7 Å². The monoisotopic (exact) mass is 338 g/mol. The second-order valence-corrected chi connectivity index (χ2v) is 7.63. The first-order valence-electron chi connectivity index (χ1n) is 8.95. The Kier molecular flexibility index (Phi) is 4.71. The summed E-state index contributed by atoms with van der Waals surface area (Å²) in [6.45, 7) is 7.31. The Balaban J connectivity index is 1.89. The van der Waals surface area contributed by atoms with Crippen LogP contribution in [0.2, 0.25) is 0 Å². The molecule has 3 aliphatic rings. The van der Waals surface area contributed by atoms with E-state index in [0.717, 1.165) is 25.9 Å². The molecule has 0 aromatic carbocycles. The SMILES string of the molecule is C/C=C1/C[C@@H](C)[C@@](C)(O)C(=O)OC[C@H]2CC[NH+]3CC[C@@H](OC1=O)[C@@H]23. The summed E-state index contributed by atoms with van der Waals surface area (Å²) in [6.07, 6.45) is 3.71. The van der Waals surface area contributed by atoms with Gasteiger partial charge >= 0.3 is 11.9 Å². The third-order valence-electron chi connectivity index (χ3n) is 6.16. The number of cyclic esters (lactones) is 1. The van der Waals surface area contributed by atoms with Gasteiger partial charge in [0.05, 0.1) is 19.0 Å². The average Bonchev–Trinajstić information content (AvgIpc) is 3.12. The zero-order chi connectivity index (χ0) is 17.5. The molecule has 0 spiro atoms. The number of carbonyl (C=O) groups is 2. The molecule has 24 heavy (non-hydrogen) atoms. The van der Waals surface area contributed by atoms with Crippen LogP contribution in [-0.2, 0) is 19.1 Å². The molecule has 0 bridgehead atoms. The van der Waals surface area contributed by atoms with Gasteiger partial charge in [-0.1, -0.05) is 13.0 Å². The van der Waals surface area contributed by atoms with Crippen LogP contribution < -0.4 is 4.90 Å². The Bertz CT molecular complexity index is 556. The van der Waals surface area contributed by atoms with E-state index >= 15 is 0 Å². The molecule has 134 valence electrons. The molecule has 0 radical (unpaired) electrons. The van der Waals surface area contributed by atoms with Gasteiger partial charge in [0.1, 0.15) is 12.6 Å². The Hall–Kier alpha value is -1.40. The molecule has 0 amide bonds. The molecule has 0 saturated carbocycles. The Morgan fingerprint density at radius 2 is 2.00 bits per heavy atom. The fourth-order valence-electron chi connectivity index (χ4n) is 4.33. The van der Waals surface area contributed by atoms with Crippen LogP contribution in [0.5, 0.6) is 0 Å². The molecule has 3 saturated heterocycles. The molecular formula is C18H28NO5+. The van der Waals surface area contributed by atoms with E-state index in [2.05, 4.69) is 0 Å². The standard InChI is InChI=1S/C18H27NO5/c1-4-12-9-11(2)18(3,22)17(21)23-10-13-5-7-19-8-6-14(15(13)19)24-16(12)20/h4,11,13-15,22H,5-10H2,1-3H3/p+1/b12-4-/t11-,13-,14-,15-,18-/m1/s1. The summed E-state index contributed by atoms with van der Waals surface area (Å²) in [5.41, 5.74) is -1.10. The van der Waals surface area contributed by atoms with Crippen LogP contribution in [0.3, 0.4) is 0 Å². The van der Waals surface area contributed by atoms with Gasteiger partial charge in [0, 0.05) is 18.4 Å². The van der Waals surface area contributed by atoms with Gasteiger partial charge in [-0.15, -0.1) is 0 Å². The zero-order valence-corrected chi connectivity index (χ0v) is 14.7. The van der Waals surface area contributed by atoms with Crippen molar-refractivity contribution in [1.29, 1.82) is 0 Å². The van der Waals surface area contributed by atoms with Crippen molar-refractivity contribution in [2.45, 2.75) is 57.8 Å². The number of allylic oxidation sites excluding steroid dienone is 1. The third-order valence-corrected chi connectivity index (χ3v) is 6.16. The van der Waals surface area contributed by atoms with Gasteiger partial charge in [-0.2, -0.15) is 0 Å². The summed E-state index contributed by atoms with van der Waals surface area (Å²) in [5.74, 6) is -1.16. The maximum absolute atomic E-state index is 12.6. The predicted molar refractivity (Wildman–Crippen MR) is 86.2 cm³/mol. The molecule has 0 aliphatic carbocycles. The molecule has 1 unspecified atom stereocenters. The Morgan fingerprint density at radius 1 is 1.29 bits per heavy atom. The lowest BCUT2D eigenvalue weighted by molar-refractivity contribution is -0.902. The highest BCUT2D eigenvalue weighted by atomic mass is 16.6. The van der Waals surface area contributed by atoms with Crippen LogP contribution in [0, 0.1) is 11.8 Å². The first-order chi connectivity index (χ1) is 11.3. The lowest BCUT2D eigenvalue weighted by atomic mass is 9.85. The Labute approximate surface area is 142 Å². The van der Waals surface area contributed by atoms with Crippen molar-refractivity contribution in [3.05, 3.63) is 11.6 Å². The van der Waals surface area contributed by atoms with E-state index in [4.69, 9.17) is 9.47 Å². The minimum Gasteiger partial charge on any atom is -0.463 e. The molecule has 6 atom stereocenters. The maximum atomic E-state index is 12.6. The summed E-state index contributed by atoms with van der Waals surface area (Å²) in [5, 5.41) is 10.6. The van der Waals surface area contributed by atoms with E-state index in [9.17, 15) is 14.7 Å². The second-order valence-electron chi connectivity index (χ2n) is 7.63. The van der Waals surface area contributed by atoms with Crippen molar-refractivity contribution in [1.82, 2.24) is 0 Å². The zero-order valence-electron chi connectivity index (χ0n) is 14.7. The summed E-state index contributed by atoms with van der Waals surface area (Å²) in [4.78, 5) is 26.4. The van der Waals surface area contributed by atoms with E-state index in [-0.39, 0.29) is 30.5 Å². The van der Waals surface area contributed by atoms with Crippen LogP contribution in [0.1, 0.15) is 40.0 Å². The lowest BCUT2D eigenvalue weighted by Crippen LogP contribution is -3.12. The van der Waals surface area contributed by atoms with Gasteiger partial charge in [0.25, 0.3) is 0 Å². The van der Waals surface area contributed by atoms with Gasteiger partial charge in [-0.05, 0) is 26.2 Å². The number of hydrogen-bond donors (Lipinski definition) is 2. The van der Waals surface area contributed by atoms with Crippen LogP contribution in [0.4, 0.5) is 0 Å². The Morgan fingerprint density at radius 3 is 2.71 bits per heavy atom. The van der Waals surface area contributed by atoms with Gasteiger partial charge < -0.3 is 19.5 Å². The van der Waals surface area contributed by atoms with E-state index in [1.54, 1.807) is 19.9 Å². The number of quaternary nitrogens is 1. The highest BCUT2D eigenvalue weighted by molar-refractivity contribution is 5.89. The van der Waals surface area contributed by atoms with Crippen molar-refractivity contribution in [2.24, 2.45) is 11.8 Å². The molecular weight excluding hydrogens is 310 g/mol. The van der Waals surface area contributed by atoms with E-state index in [1.165, 1.54) is 11.8 Å². The molecule has 3 heterocycles. The minimum absolute atomic E-state index is 0.108. The maximum Gasteiger partial charge on any atom is 0.338 e. The van der Waals surface area contributed by atoms with Crippen molar-refractivity contribution < 1.29 is 29.1 Å². The van der Waals surface area contributed by atoms with Crippen molar-refractivity contribution >= 4 is 11.9 Å². The largest absolute Gasteiger partial charge is 0.463 e. The number of rotatable bonds is 0. The minimum atomic E-state index is -1.62. The van der Waals surface area contributed by atoms with Crippen LogP contribution >= 0.6 is 0 Å². The van der Waals surface area contributed by atoms with E-state index < -0.39 is 17.5 Å². The number of aliphatic hydroxyl groups is 1. The lowest BCUT2D eigenvalue weighted by Gasteiger charge is -2.31. The summed E-state index contributed by atoms with van der Waals surface area (Å²) in [6, 6.07) is 0.196.